The number of carbonyl (C=O) groups is 2. The predicted octanol–water partition coefficient (Wildman–Crippen LogP) is 2.92. The van der Waals surface area contributed by atoms with Crippen LogP contribution in [-0.2, 0) is 17.9 Å². The molecule has 1 N–H and O–H groups in total. The number of nitrogens with zero attached hydrogens (tertiary/aromatic N) is 4. The molecule has 0 saturated carbocycles. The van der Waals surface area contributed by atoms with E-state index >= 15 is 0 Å². The first kappa shape index (κ1) is 17.8. The molecule has 0 spiro atoms. The molecule has 0 radical (unpaired) electrons. The van der Waals surface area contributed by atoms with E-state index in [1.807, 2.05) is 24.3 Å². The van der Waals surface area contributed by atoms with Crippen LogP contribution in [0, 0.1) is 0 Å². The summed E-state index contributed by atoms with van der Waals surface area (Å²) in [6.07, 6.45) is 2.40. The second kappa shape index (κ2) is 7.97. The van der Waals surface area contributed by atoms with Crippen molar-refractivity contribution in [3.05, 3.63) is 66.0 Å². The summed E-state index contributed by atoms with van der Waals surface area (Å²) in [4.78, 5) is 27.4. The van der Waals surface area contributed by atoms with Crippen LogP contribution in [0.3, 0.4) is 0 Å². The number of ether oxygens (including phenoxy) is 1. The largest absolute Gasteiger partial charge is 0.487 e. The highest BCUT2D eigenvalue weighted by molar-refractivity contribution is 7.22. The van der Waals surface area contributed by atoms with E-state index in [2.05, 4.69) is 20.6 Å². The zero-order valence-electron chi connectivity index (χ0n) is 14.6. The Labute approximate surface area is 163 Å². The molecule has 140 valence electrons. The molecule has 0 aliphatic carbocycles. The minimum atomic E-state index is -0.241. The number of fused-ring (bicyclic) bond motifs is 1. The van der Waals surface area contributed by atoms with Crippen molar-refractivity contribution in [3.8, 4) is 5.75 Å². The number of aromatic nitrogens is 4. The molecule has 2 heterocycles. The molecule has 0 aliphatic heterocycles. The Bertz CT molecular complexity index is 1100. The number of para-hydroxylation sites is 1. The molecule has 9 heteroatoms. The lowest BCUT2D eigenvalue weighted by atomic mass is 10.2. The SMILES string of the molecule is O=Cc1cccc(OCc2cn(CC(=O)Nc3nc4ccccc4s3)nn2)c1. The Morgan fingerprint density at radius 2 is 2.11 bits per heavy atom. The maximum Gasteiger partial charge on any atom is 0.247 e. The number of anilines is 1. The Balaban J connectivity index is 1.33. The van der Waals surface area contributed by atoms with Crippen molar-refractivity contribution in [1.82, 2.24) is 20.0 Å². The van der Waals surface area contributed by atoms with Gasteiger partial charge in [-0.2, -0.15) is 0 Å². The molecule has 0 unspecified atom stereocenters. The number of aldehydes is 1. The van der Waals surface area contributed by atoms with E-state index in [0.717, 1.165) is 16.5 Å². The van der Waals surface area contributed by atoms with Gasteiger partial charge in [-0.25, -0.2) is 9.67 Å². The Kier molecular flexibility index (Phi) is 5.07. The van der Waals surface area contributed by atoms with Gasteiger partial charge in [-0.3, -0.25) is 9.59 Å². The second-order valence-electron chi connectivity index (χ2n) is 5.92. The summed E-state index contributed by atoms with van der Waals surface area (Å²) < 4.78 is 8.04. The average molecular weight is 393 g/mol. The third-order valence-corrected chi connectivity index (χ3v) is 4.76. The molecule has 1 amide bonds. The zero-order chi connectivity index (χ0) is 19.3. The number of hydrogen-bond donors (Lipinski definition) is 1. The topological polar surface area (TPSA) is 99.0 Å². The molecule has 2 aromatic heterocycles. The van der Waals surface area contributed by atoms with E-state index in [1.165, 1.54) is 16.0 Å². The Morgan fingerprint density at radius 3 is 2.96 bits per heavy atom. The fourth-order valence-corrected chi connectivity index (χ4v) is 3.43. The first-order chi connectivity index (χ1) is 13.7. The van der Waals surface area contributed by atoms with Crippen molar-refractivity contribution >= 4 is 38.9 Å². The summed E-state index contributed by atoms with van der Waals surface area (Å²) in [6.45, 7) is 0.200. The van der Waals surface area contributed by atoms with Crippen LogP contribution < -0.4 is 10.1 Å². The summed E-state index contributed by atoms with van der Waals surface area (Å²) in [5, 5.41) is 11.3. The van der Waals surface area contributed by atoms with Gasteiger partial charge >= 0.3 is 0 Å². The van der Waals surface area contributed by atoms with E-state index in [9.17, 15) is 9.59 Å². The standard InChI is InChI=1S/C19H15N5O3S/c25-11-13-4-3-5-15(8-13)27-12-14-9-24(23-22-14)10-18(26)21-19-20-16-6-1-2-7-17(16)28-19/h1-9,11H,10,12H2,(H,20,21,26). The number of carbonyl (C=O) groups excluding carboxylic acids is 2. The van der Waals surface area contributed by atoms with Crippen LogP contribution in [0.1, 0.15) is 16.1 Å². The van der Waals surface area contributed by atoms with E-state index in [-0.39, 0.29) is 19.1 Å². The van der Waals surface area contributed by atoms with Crippen molar-refractivity contribution in [3.63, 3.8) is 0 Å². The van der Waals surface area contributed by atoms with Crippen LogP contribution in [0.4, 0.5) is 5.13 Å². The van der Waals surface area contributed by atoms with E-state index in [0.29, 0.717) is 22.1 Å². The van der Waals surface area contributed by atoms with Crippen LogP contribution in [0.2, 0.25) is 0 Å². The average Bonchev–Trinajstić information content (AvgIpc) is 3.32. The number of amides is 1. The van der Waals surface area contributed by atoms with Gasteiger partial charge in [-0.1, -0.05) is 40.8 Å². The fourth-order valence-electron chi connectivity index (χ4n) is 2.55. The first-order valence-electron chi connectivity index (χ1n) is 8.42. The predicted molar refractivity (Wildman–Crippen MR) is 104 cm³/mol. The van der Waals surface area contributed by atoms with Crippen LogP contribution in [0.15, 0.2) is 54.7 Å². The van der Waals surface area contributed by atoms with Gasteiger partial charge in [0, 0.05) is 5.56 Å². The van der Waals surface area contributed by atoms with E-state index in [4.69, 9.17) is 4.74 Å². The monoisotopic (exact) mass is 393 g/mol. The number of rotatable bonds is 7. The molecule has 0 saturated heterocycles. The van der Waals surface area contributed by atoms with Crippen LogP contribution in [-0.4, -0.2) is 32.2 Å². The van der Waals surface area contributed by atoms with E-state index < -0.39 is 0 Å². The van der Waals surface area contributed by atoms with Crippen molar-refractivity contribution in [2.45, 2.75) is 13.2 Å². The number of nitrogens with one attached hydrogen (secondary N) is 1. The summed E-state index contributed by atoms with van der Waals surface area (Å²) in [7, 11) is 0. The quantitative estimate of drug-likeness (QED) is 0.485. The third kappa shape index (κ3) is 4.21. The smallest absolute Gasteiger partial charge is 0.247 e. The first-order valence-corrected chi connectivity index (χ1v) is 9.24. The molecule has 0 bridgehead atoms. The van der Waals surface area contributed by atoms with E-state index in [1.54, 1.807) is 30.5 Å². The third-order valence-electron chi connectivity index (χ3n) is 3.81. The minimum Gasteiger partial charge on any atom is -0.487 e. The molecule has 4 rings (SSSR count). The lowest BCUT2D eigenvalue weighted by Crippen LogP contribution is -2.19. The molecule has 28 heavy (non-hydrogen) atoms. The van der Waals surface area contributed by atoms with Gasteiger partial charge in [0.15, 0.2) is 5.13 Å². The second-order valence-corrected chi connectivity index (χ2v) is 6.95. The number of thiazole rings is 1. The summed E-state index contributed by atoms with van der Waals surface area (Å²) >= 11 is 1.42. The Morgan fingerprint density at radius 1 is 1.21 bits per heavy atom. The molecule has 2 aromatic carbocycles. The molecule has 4 aromatic rings. The summed E-state index contributed by atoms with van der Waals surface area (Å²) in [6, 6.07) is 14.5. The van der Waals surface area contributed by atoms with Gasteiger partial charge in [-0.05, 0) is 24.3 Å². The van der Waals surface area contributed by atoms with Crippen LogP contribution in [0.5, 0.6) is 5.75 Å². The van der Waals surface area contributed by atoms with Gasteiger partial charge in [-0.15, -0.1) is 5.10 Å². The Hall–Kier alpha value is -3.59. The highest BCUT2D eigenvalue weighted by Crippen LogP contribution is 2.25. The van der Waals surface area contributed by atoms with Crippen molar-refractivity contribution in [2.24, 2.45) is 0 Å². The molecule has 0 atom stereocenters. The maximum atomic E-state index is 12.2. The van der Waals surface area contributed by atoms with Gasteiger partial charge < -0.3 is 10.1 Å². The lowest BCUT2D eigenvalue weighted by molar-refractivity contribution is -0.116. The van der Waals surface area contributed by atoms with Crippen LogP contribution in [0.25, 0.3) is 10.2 Å². The molecule has 8 nitrogen and oxygen atoms in total. The van der Waals surface area contributed by atoms with Crippen molar-refractivity contribution in [2.75, 3.05) is 5.32 Å². The van der Waals surface area contributed by atoms with Gasteiger partial charge in [0.25, 0.3) is 0 Å². The zero-order valence-corrected chi connectivity index (χ0v) is 15.4. The molecular formula is C19H15N5O3S. The number of hydrogen-bond acceptors (Lipinski definition) is 7. The molecule has 0 fully saturated rings. The molecule has 0 aliphatic rings. The fraction of sp³-hybridized carbons (Fsp3) is 0.105. The van der Waals surface area contributed by atoms with Crippen LogP contribution >= 0.6 is 11.3 Å². The van der Waals surface area contributed by atoms with Gasteiger partial charge in [0.05, 0.1) is 16.4 Å². The maximum absolute atomic E-state index is 12.2. The van der Waals surface area contributed by atoms with Gasteiger partial charge in [0.2, 0.25) is 5.91 Å². The highest BCUT2D eigenvalue weighted by atomic mass is 32.1. The normalized spacial score (nSPS) is 10.7. The summed E-state index contributed by atoms with van der Waals surface area (Å²) in [5.41, 5.74) is 1.96. The van der Waals surface area contributed by atoms with Gasteiger partial charge in [0.1, 0.15) is 30.9 Å². The minimum absolute atomic E-state index is 0.0174. The lowest BCUT2D eigenvalue weighted by Gasteiger charge is -2.03. The summed E-state index contributed by atoms with van der Waals surface area (Å²) in [5.74, 6) is 0.322. The van der Waals surface area contributed by atoms with Crippen molar-refractivity contribution in [1.29, 1.82) is 0 Å². The van der Waals surface area contributed by atoms with Crippen molar-refractivity contribution < 1.29 is 14.3 Å². The number of benzene rings is 2. The molecular weight excluding hydrogens is 378 g/mol. The highest BCUT2D eigenvalue weighted by Gasteiger charge is 2.10.